The highest BCUT2D eigenvalue weighted by Crippen LogP contribution is 2.26. The van der Waals surface area contributed by atoms with E-state index in [1.165, 1.54) is 37.2 Å². The minimum absolute atomic E-state index is 0.109. The Morgan fingerprint density at radius 3 is 2.81 bits per heavy atom. The maximum Gasteiger partial charge on any atom is 0.251 e. The molecule has 3 aliphatic rings. The van der Waals surface area contributed by atoms with Crippen molar-refractivity contribution in [3.8, 4) is 0 Å². The van der Waals surface area contributed by atoms with Crippen LogP contribution in [0.4, 0.5) is 0 Å². The van der Waals surface area contributed by atoms with Crippen LogP contribution in [0.3, 0.4) is 0 Å². The van der Waals surface area contributed by atoms with E-state index in [4.69, 9.17) is 0 Å². The Morgan fingerprint density at radius 1 is 1.19 bits per heavy atom. The molecule has 1 fully saturated rings. The third-order valence-electron chi connectivity index (χ3n) is 4.46. The number of amides is 1. The van der Waals surface area contributed by atoms with Crippen molar-refractivity contribution < 1.29 is 4.79 Å². The molecule has 1 aromatic carbocycles. The Hall–Kier alpha value is -2.29. The van der Waals surface area contributed by atoms with Gasteiger partial charge in [0.05, 0.1) is 0 Å². The van der Waals surface area contributed by atoms with Crippen LogP contribution in [0.2, 0.25) is 0 Å². The number of hydrazone groups is 1. The molecule has 3 aliphatic heterocycles. The van der Waals surface area contributed by atoms with E-state index in [1.807, 2.05) is 11.9 Å². The first-order valence-corrected chi connectivity index (χ1v) is 9.63. The zero-order valence-electron chi connectivity index (χ0n) is 14.4. The molecule has 0 bridgehead atoms. The summed E-state index contributed by atoms with van der Waals surface area (Å²) < 4.78 is 2.43. The van der Waals surface area contributed by atoms with Crippen LogP contribution < -0.4 is 16.4 Å². The summed E-state index contributed by atoms with van der Waals surface area (Å²) in [5.74, 6) is 0.555. The van der Waals surface area contributed by atoms with E-state index in [-0.39, 0.29) is 5.91 Å². The molecule has 1 aromatic rings. The minimum atomic E-state index is -0.109. The molecule has 26 heavy (non-hydrogen) atoms. The number of nitrogens with one attached hydrogen (secondary N) is 3. The molecule has 0 saturated carbocycles. The lowest BCUT2D eigenvalue weighted by Crippen LogP contribution is -2.38. The standard InChI is InChI=1S/C18H22N6OS/c25-18(15-8-11-24-17(12-15)20-21-22-24)19-13-14-4-6-16(7-5-14)26-23-9-2-1-3-10-23/h4-8,11-12,21-22H,1-3,9-10,13H2,(H,19,25). The first-order chi connectivity index (χ1) is 12.8. The third-order valence-corrected chi connectivity index (χ3v) is 5.57. The molecule has 1 saturated heterocycles. The maximum absolute atomic E-state index is 12.3. The van der Waals surface area contributed by atoms with Gasteiger partial charge in [0.25, 0.3) is 5.91 Å². The molecule has 0 aliphatic carbocycles. The second kappa shape index (κ2) is 7.94. The Labute approximate surface area is 157 Å². The van der Waals surface area contributed by atoms with Gasteiger partial charge < -0.3 is 5.32 Å². The maximum atomic E-state index is 12.3. The molecule has 136 valence electrons. The number of benzene rings is 1. The minimum Gasteiger partial charge on any atom is -0.348 e. The highest BCUT2D eigenvalue weighted by Gasteiger charge is 2.19. The summed E-state index contributed by atoms with van der Waals surface area (Å²) in [5, 5.41) is 8.70. The molecule has 7 nitrogen and oxygen atoms in total. The number of hydrogen-bond acceptors (Lipinski definition) is 7. The first kappa shape index (κ1) is 17.1. The average Bonchev–Trinajstić information content (AvgIpc) is 3.16. The van der Waals surface area contributed by atoms with Crippen LogP contribution in [0.15, 0.2) is 58.2 Å². The van der Waals surface area contributed by atoms with E-state index in [9.17, 15) is 4.79 Å². The zero-order valence-corrected chi connectivity index (χ0v) is 15.3. The molecule has 0 spiro atoms. The second-order valence-corrected chi connectivity index (χ2v) is 7.56. The molecule has 4 rings (SSSR count). The lowest BCUT2D eigenvalue weighted by atomic mass is 10.1. The fourth-order valence-electron chi connectivity index (χ4n) is 3.00. The second-order valence-electron chi connectivity index (χ2n) is 6.39. The van der Waals surface area contributed by atoms with Gasteiger partial charge in [0.1, 0.15) is 0 Å². The van der Waals surface area contributed by atoms with E-state index >= 15 is 0 Å². The number of carbonyl (C=O) groups excluding carboxylic acids is 1. The normalized spacial score (nSPS) is 19.5. The average molecular weight is 370 g/mol. The van der Waals surface area contributed by atoms with Crippen LogP contribution >= 0.6 is 11.9 Å². The van der Waals surface area contributed by atoms with E-state index in [1.54, 1.807) is 23.4 Å². The Kier molecular flexibility index (Phi) is 5.24. The summed E-state index contributed by atoms with van der Waals surface area (Å²) in [6.45, 7) is 2.84. The molecule has 0 unspecified atom stereocenters. The summed E-state index contributed by atoms with van der Waals surface area (Å²) in [7, 11) is 0. The zero-order chi connectivity index (χ0) is 17.8. The molecule has 1 amide bonds. The van der Waals surface area contributed by atoms with Crippen molar-refractivity contribution in [2.45, 2.75) is 30.7 Å². The fourth-order valence-corrected chi connectivity index (χ4v) is 4.00. The predicted molar refractivity (Wildman–Crippen MR) is 102 cm³/mol. The van der Waals surface area contributed by atoms with Gasteiger partial charge in [0.2, 0.25) is 0 Å². The number of nitrogens with zero attached hydrogens (tertiary/aromatic N) is 3. The number of piperidine rings is 1. The third kappa shape index (κ3) is 4.09. The summed E-state index contributed by atoms with van der Waals surface area (Å²) in [5.41, 5.74) is 7.14. The van der Waals surface area contributed by atoms with Gasteiger partial charge in [0, 0.05) is 36.3 Å². The van der Waals surface area contributed by atoms with Crippen molar-refractivity contribution in [1.29, 1.82) is 0 Å². The monoisotopic (exact) mass is 370 g/mol. The molecule has 3 heterocycles. The topological polar surface area (TPSA) is 72.0 Å². The summed E-state index contributed by atoms with van der Waals surface area (Å²) in [6, 6.07) is 8.41. The lowest BCUT2D eigenvalue weighted by Gasteiger charge is -2.25. The molecule has 0 radical (unpaired) electrons. The predicted octanol–water partition coefficient (Wildman–Crippen LogP) is 1.89. The highest BCUT2D eigenvalue weighted by atomic mass is 32.2. The van der Waals surface area contributed by atoms with Gasteiger partial charge in [-0.15, -0.1) is 10.6 Å². The van der Waals surface area contributed by atoms with Crippen LogP contribution in [-0.4, -0.2) is 34.1 Å². The molecular formula is C18H22N6OS. The van der Waals surface area contributed by atoms with Gasteiger partial charge in [0.15, 0.2) is 5.84 Å². The van der Waals surface area contributed by atoms with Crippen molar-refractivity contribution in [1.82, 2.24) is 25.7 Å². The first-order valence-electron chi connectivity index (χ1n) is 8.85. The van der Waals surface area contributed by atoms with E-state index in [0.717, 1.165) is 5.56 Å². The molecular weight excluding hydrogens is 348 g/mol. The summed E-state index contributed by atoms with van der Waals surface area (Å²) in [6.07, 6.45) is 9.18. The van der Waals surface area contributed by atoms with Crippen molar-refractivity contribution in [3.63, 3.8) is 0 Å². The highest BCUT2D eigenvalue weighted by molar-refractivity contribution is 7.97. The van der Waals surface area contributed by atoms with Gasteiger partial charge in [-0.2, -0.15) is 0 Å². The molecule has 0 atom stereocenters. The number of amidine groups is 1. The summed E-state index contributed by atoms with van der Waals surface area (Å²) in [4.78, 5) is 13.6. The Morgan fingerprint density at radius 2 is 2.00 bits per heavy atom. The van der Waals surface area contributed by atoms with Crippen molar-refractivity contribution in [2.75, 3.05) is 13.1 Å². The Balaban J connectivity index is 1.29. The van der Waals surface area contributed by atoms with E-state index in [2.05, 4.69) is 50.1 Å². The number of hydrogen-bond donors (Lipinski definition) is 3. The molecule has 8 heteroatoms. The quantitative estimate of drug-likeness (QED) is 0.688. The SMILES string of the molecule is O=C(NCc1ccc(SN2CCCCC2)cc1)C1=CC2=NNNN2C=C1. The van der Waals surface area contributed by atoms with Gasteiger partial charge >= 0.3 is 0 Å². The number of rotatable bonds is 5. The van der Waals surface area contributed by atoms with Crippen LogP contribution in [0.5, 0.6) is 0 Å². The number of fused-ring (bicyclic) bond motifs is 1. The van der Waals surface area contributed by atoms with E-state index in [0.29, 0.717) is 18.0 Å². The van der Waals surface area contributed by atoms with Crippen LogP contribution in [0.25, 0.3) is 0 Å². The van der Waals surface area contributed by atoms with Gasteiger partial charge in [-0.3, -0.25) is 4.79 Å². The van der Waals surface area contributed by atoms with Crippen LogP contribution in [0.1, 0.15) is 24.8 Å². The number of carbonyl (C=O) groups is 1. The van der Waals surface area contributed by atoms with Crippen LogP contribution in [0, 0.1) is 0 Å². The van der Waals surface area contributed by atoms with Crippen molar-refractivity contribution in [2.24, 2.45) is 5.10 Å². The van der Waals surface area contributed by atoms with Crippen molar-refractivity contribution in [3.05, 3.63) is 53.8 Å². The van der Waals surface area contributed by atoms with Gasteiger partial charge in [-0.1, -0.05) is 18.6 Å². The fraction of sp³-hybridized carbons (Fsp3) is 0.333. The van der Waals surface area contributed by atoms with E-state index < -0.39 is 0 Å². The Bertz CT molecular complexity index is 751. The molecule has 3 N–H and O–H groups in total. The molecule has 0 aromatic heterocycles. The lowest BCUT2D eigenvalue weighted by molar-refractivity contribution is -0.117. The van der Waals surface area contributed by atoms with Crippen LogP contribution in [-0.2, 0) is 11.3 Å². The van der Waals surface area contributed by atoms with Gasteiger partial charge in [-0.05, 0) is 54.6 Å². The number of hydrazine groups is 2. The van der Waals surface area contributed by atoms with Crippen molar-refractivity contribution >= 4 is 23.7 Å². The largest absolute Gasteiger partial charge is 0.348 e. The summed E-state index contributed by atoms with van der Waals surface area (Å²) >= 11 is 1.83. The smallest absolute Gasteiger partial charge is 0.251 e. The van der Waals surface area contributed by atoms with Gasteiger partial charge in [-0.25, -0.2) is 14.8 Å².